The predicted octanol–water partition coefficient (Wildman–Crippen LogP) is 4.26. The van der Waals surface area contributed by atoms with Gasteiger partial charge in [-0.1, -0.05) is 30.3 Å². The van der Waals surface area contributed by atoms with Gasteiger partial charge in [0, 0.05) is 74.5 Å². The van der Waals surface area contributed by atoms with Gasteiger partial charge in [-0.2, -0.15) is 10.1 Å². The molecule has 2 aliphatic heterocycles. The molecule has 0 amide bonds. The zero-order valence-corrected chi connectivity index (χ0v) is 21.3. The number of nitrogens with one attached hydrogen (secondary N) is 1. The van der Waals surface area contributed by atoms with Gasteiger partial charge in [-0.15, -0.1) is 0 Å². The molecule has 9 nitrogen and oxygen atoms in total. The minimum Gasteiger partial charge on any atom is -0.369 e. The Labute approximate surface area is 217 Å². The van der Waals surface area contributed by atoms with E-state index < -0.39 is 0 Å². The number of piperazine rings is 1. The molecular formula is C28H32N8O. The lowest BCUT2D eigenvalue weighted by molar-refractivity contribution is 0.157. The summed E-state index contributed by atoms with van der Waals surface area (Å²) in [5.41, 5.74) is 5.21. The Bertz CT molecular complexity index is 1330. The molecule has 2 aliphatic rings. The summed E-state index contributed by atoms with van der Waals surface area (Å²) in [6, 6.07) is 19.0. The number of hydrogen-bond donors (Lipinski definition) is 1. The number of benzene rings is 2. The molecule has 4 heterocycles. The summed E-state index contributed by atoms with van der Waals surface area (Å²) in [5.74, 6) is 1.25. The van der Waals surface area contributed by atoms with Gasteiger partial charge in [0.05, 0.1) is 18.8 Å². The second-order valence-corrected chi connectivity index (χ2v) is 9.67. The van der Waals surface area contributed by atoms with Gasteiger partial charge in [-0.25, -0.2) is 10.0 Å². The van der Waals surface area contributed by atoms with Gasteiger partial charge >= 0.3 is 0 Å². The lowest BCUT2D eigenvalue weighted by Crippen LogP contribution is -2.44. The Morgan fingerprint density at radius 3 is 2.43 bits per heavy atom. The van der Waals surface area contributed by atoms with E-state index in [1.165, 1.54) is 11.3 Å². The Morgan fingerprint density at radius 2 is 1.70 bits per heavy atom. The molecule has 0 aliphatic carbocycles. The minimum atomic E-state index is 0.0715. The number of rotatable bonds is 6. The van der Waals surface area contributed by atoms with E-state index in [2.05, 4.69) is 80.8 Å². The van der Waals surface area contributed by atoms with Gasteiger partial charge in [0.15, 0.2) is 5.82 Å². The van der Waals surface area contributed by atoms with Crippen LogP contribution in [0.15, 0.2) is 73.2 Å². The number of likely N-dealkylation sites (N-methyl/N-ethyl adjacent to an activating group) is 1. The Balaban J connectivity index is 1.29. The predicted molar refractivity (Wildman–Crippen MR) is 146 cm³/mol. The highest BCUT2D eigenvalue weighted by molar-refractivity contribution is 5.75. The zero-order chi connectivity index (χ0) is 25.2. The van der Waals surface area contributed by atoms with Crippen LogP contribution in [0.4, 0.5) is 23.1 Å². The monoisotopic (exact) mass is 496 g/mol. The number of hydrogen-bond acceptors (Lipinski definition) is 8. The van der Waals surface area contributed by atoms with Crippen LogP contribution in [0, 0.1) is 0 Å². The largest absolute Gasteiger partial charge is 0.369 e. The molecular weight excluding hydrogens is 464 g/mol. The molecule has 37 heavy (non-hydrogen) atoms. The molecule has 1 unspecified atom stereocenters. The third-order valence-electron chi connectivity index (χ3n) is 7.07. The van der Waals surface area contributed by atoms with Gasteiger partial charge in [0.25, 0.3) is 0 Å². The van der Waals surface area contributed by atoms with E-state index in [0.717, 1.165) is 55.2 Å². The van der Waals surface area contributed by atoms with E-state index in [0.29, 0.717) is 12.6 Å². The fraction of sp³-hybridized carbons (Fsp3) is 0.321. The maximum atomic E-state index is 6.15. The van der Waals surface area contributed by atoms with Crippen LogP contribution in [-0.4, -0.2) is 64.5 Å². The van der Waals surface area contributed by atoms with Gasteiger partial charge in [0.2, 0.25) is 5.95 Å². The molecule has 0 spiro atoms. The van der Waals surface area contributed by atoms with Crippen LogP contribution in [0.25, 0.3) is 11.1 Å². The molecule has 6 rings (SSSR count). The molecule has 190 valence electrons. The minimum absolute atomic E-state index is 0.0715. The average Bonchev–Trinajstić information content (AvgIpc) is 3.60. The zero-order valence-electron chi connectivity index (χ0n) is 21.3. The van der Waals surface area contributed by atoms with Gasteiger partial charge in [-0.05, 0) is 36.9 Å². The van der Waals surface area contributed by atoms with E-state index >= 15 is 0 Å². The van der Waals surface area contributed by atoms with Crippen molar-refractivity contribution in [2.75, 3.05) is 55.1 Å². The van der Waals surface area contributed by atoms with E-state index in [1.54, 1.807) is 4.68 Å². The SMILES string of the molecule is CN1CCN(c2ccc(Nc3ncc(-c4cnn(C)c4)c(N4OCCC4c4ccccc4)n3)cc2)CC1. The Morgan fingerprint density at radius 1 is 0.919 bits per heavy atom. The summed E-state index contributed by atoms with van der Waals surface area (Å²) in [6.45, 7) is 4.89. The summed E-state index contributed by atoms with van der Waals surface area (Å²) >= 11 is 0. The van der Waals surface area contributed by atoms with Crippen molar-refractivity contribution in [2.24, 2.45) is 7.05 Å². The molecule has 0 bridgehead atoms. The fourth-order valence-electron chi connectivity index (χ4n) is 4.97. The van der Waals surface area contributed by atoms with Gasteiger partial charge < -0.3 is 15.1 Å². The first-order chi connectivity index (χ1) is 18.1. The van der Waals surface area contributed by atoms with Crippen LogP contribution in [0.3, 0.4) is 0 Å². The van der Waals surface area contributed by atoms with Crippen molar-refractivity contribution in [3.63, 3.8) is 0 Å². The van der Waals surface area contributed by atoms with Crippen molar-refractivity contribution < 1.29 is 4.84 Å². The average molecular weight is 497 g/mol. The number of aromatic nitrogens is 4. The highest BCUT2D eigenvalue weighted by Crippen LogP contribution is 2.39. The van der Waals surface area contributed by atoms with Crippen LogP contribution in [-0.2, 0) is 11.9 Å². The molecule has 2 saturated heterocycles. The molecule has 9 heteroatoms. The van der Waals surface area contributed by atoms with Crippen LogP contribution < -0.4 is 15.3 Å². The molecule has 2 aromatic carbocycles. The van der Waals surface area contributed by atoms with Crippen molar-refractivity contribution in [2.45, 2.75) is 12.5 Å². The van der Waals surface area contributed by atoms with E-state index in [-0.39, 0.29) is 6.04 Å². The Kier molecular flexibility index (Phi) is 6.46. The number of anilines is 4. The van der Waals surface area contributed by atoms with E-state index in [1.807, 2.05) is 36.8 Å². The second kappa shape index (κ2) is 10.2. The first kappa shape index (κ1) is 23.4. The fourth-order valence-corrected chi connectivity index (χ4v) is 4.97. The normalized spacial score (nSPS) is 18.4. The lowest BCUT2D eigenvalue weighted by atomic mass is 10.0. The van der Waals surface area contributed by atoms with Crippen molar-refractivity contribution >= 4 is 23.1 Å². The van der Waals surface area contributed by atoms with Gasteiger partial charge in [-0.3, -0.25) is 9.52 Å². The van der Waals surface area contributed by atoms with E-state index in [4.69, 9.17) is 9.82 Å². The van der Waals surface area contributed by atoms with Crippen molar-refractivity contribution in [3.8, 4) is 11.1 Å². The molecule has 2 fully saturated rings. The molecule has 0 radical (unpaired) electrons. The molecule has 0 saturated carbocycles. The number of aryl methyl sites for hydroxylation is 1. The second-order valence-electron chi connectivity index (χ2n) is 9.67. The van der Waals surface area contributed by atoms with Crippen LogP contribution in [0.2, 0.25) is 0 Å². The quantitative estimate of drug-likeness (QED) is 0.425. The smallest absolute Gasteiger partial charge is 0.229 e. The first-order valence-electron chi connectivity index (χ1n) is 12.8. The van der Waals surface area contributed by atoms with Crippen LogP contribution in [0.1, 0.15) is 18.0 Å². The summed E-state index contributed by atoms with van der Waals surface area (Å²) in [7, 11) is 4.08. The summed E-state index contributed by atoms with van der Waals surface area (Å²) in [4.78, 5) is 20.6. The van der Waals surface area contributed by atoms with Crippen molar-refractivity contribution in [3.05, 3.63) is 78.8 Å². The Hall–Kier alpha value is -3.95. The molecule has 4 aromatic rings. The summed E-state index contributed by atoms with van der Waals surface area (Å²) in [6.07, 6.45) is 6.54. The van der Waals surface area contributed by atoms with Crippen LogP contribution in [0.5, 0.6) is 0 Å². The highest BCUT2D eigenvalue weighted by atomic mass is 16.7. The third-order valence-corrected chi connectivity index (χ3v) is 7.07. The van der Waals surface area contributed by atoms with E-state index in [9.17, 15) is 0 Å². The molecule has 2 aromatic heterocycles. The highest BCUT2D eigenvalue weighted by Gasteiger charge is 2.31. The first-order valence-corrected chi connectivity index (χ1v) is 12.8. The van der Waals surface area contributed by atoms with Crippen molar-refractivity contribution in [1.82, 2.24) is 24.6 Å². The summed E-state index contributed by atoms with van der Waals surface area (Å²) < 4.78 is 1.78. The van der Waals surface area contributed by atoms with Gasteiger partial charge in [0.1, 0.15) is 0 Å². The summed E-state index contributed by atoms with van der Waals surface area (Å²) in [5, 5.41) is 9.68. The maximum absolute atomic E-state index is 6.15. The third kappa shape index (κ3) is 5.00. The van der Waals surface area contributed by atoms with Crippen molar-refractivity contribution in [1.29, 1.82) is 0 Å². The molecule has 1 N–H and O–H groups in total. The lowest BCUT2D eigenvalue weighted by Gasteiger charge is -2.34. The number of nitrogens with zero attached hydrogens (tertiary/aromatic N) is 7. The standard InChI is InChI=1S/C28H32N8O/c1-33-13-15-35(16-14-33)24-10-8-23(9-11-24)31-28-29-19-25(22-18-30-34(2)20-22)27(32-28)36-26(12-17-37-36)21-6-4-3-5-7-21/h3-11,18-20,26H,12-17H2,1-2H3,(H,29,31,32). The molecule has 1 atom stereocenters. The van der Waals surface area contributed by atoms with Crippen LogP contribution >= 0.6 is 0 Å². The topological polar surface area (TPSA) is 74.6 Å². The number of hydroxylamine groups is 1. The maximum Gasteiger partial charge on any atom is 0.229 e.